The first-order valence-corrected chi connectivity index (χ1v) is 21.1. The zero-order valence-corrected chi connectivity index (χ0v) is 33.6. The van der Waals surface area contributed by atoms with E-state index in [4.69, 9.17) is 9.97 Å². The molecule has 19 heteroatoms. The Bertz CT molecular complexity index is 2370. The third kappa shape index (κ3) is 9.08. The minimum absolute atomic E-state index is 0.0135. The number of alkyl halides is 3. The summed E-state index contributed by atoms with van der Waals surface area (Å²) >= 11 is 0. The molecule has 15 nitrogen and oxygen atoms in total. The number of nitrogens with zero attached hydrogens (tertiary/aromatic N) is 6. The lowest BCUT2D eigenvalue weighted by Gasteiger charge is -2.31. The molecule has 2 aliphatic rings. The second-order valence-electron chi connectivity index (χ2n) is 15.1. The van der Waals surface area contributed by atoms with Gasteiger partial charge in [-0.2, -0.15) is 23.1 Å². The number of sulfonamides is 1. The van der Waals surface area contributed by atoms with Gasteiger partial charge in [-0.15, -0.1) is 0 Å². The number of nitrogens with one attached hydrogen (secondary N) is 3. The van der Waals surface area contributed by atoms with Gasteiger partial charge in [0.05, 0.1) is 23.3 Å². The number of aliphatic hydroxyl groups excluding tert-OH is 2. The van der Waals surface area contributed by atoms with Crippen LogP contribution < -0.4 is 20.3 Å². The Morgan fingerprint density at radius 3 is 2.20 bits per heavy atom. The van der Waals surface area contributed by atoms with E-state index in [1.165, 1.54) is 42.1 Å². The Kier molecular flexibility index (Phi) is 12.4. The van der Waals surface area contributed by atoms with Crippen molar-refractivity contribution >= 4 is 50.5 Å². The lowest BCUT2D eigenvalue weighted by atomic mass is 9.91. The van der Waals surface area contributed by atoms with Crippen LogP contribution in [0, 0.1) is 0 Å². The van der Waals surface area contributed by atoms with Gasteiger partial charge in [-0.25, -0.2) is 18.1 Å². The molecule has 2 amide bonds. The highest BCUT2D eigenvalue weighted by atomic mass is 32.2. The fourth-order valence-corrected chi connectivity index (χ4v) is 9.31. The van der Waals surface area contributed by atoms with Crippen LogP contribution >= 0.6 is 0 Å². The fourth-order valence-electron chi connectivity index (χ4n) is 8.05. The number of aromatic nitrogens is 4. The second kappa shape index (κ2) is 17.5. The number of rotatable bonds is 14. The number of anilines is 3. The minimum atomic E-state index is -5.18. The normalized spacial score (nSPS) is 20.8. The summed E-state index contributed by atoms with van der Waals surface area (Å²) in [4.78, 5) is 40.7. The van der Waals surface area contributed by atoms with Gasteiger partial charge in [0.2, 0.25) is 21.9 Å². The average Bonchev–Trinajstić information content (AvgIpc) is 3.94. The van der Waals surface area contributed by atoms with E-state index in [2.05, 4.69) is 20.3 Å². The van der Waals surface area contributed by atoms with Crippen molar-refractivity contribution in [1.29, 1.82) is 0 Å². The van der Waals surface area contributed by atoms with E-state index >= 15 is 0 Å². The van der Waals surface area contributed by atoms with Crippen molar-refractivity contribution in [3.8, 4) is 0 Å². The number of aliphatic hydroxyl groups is 2. The van der Waals surface area contributed by atoms with E-state index in [1.807, 2.05) is 60.7 Å². The van der Waals surface area contributed by atoms with Crippen LogP contribution in [0.15, 0.2) is 96.2 Å². The van der Waals surface area contributed by atoms with Gasteiger partial charge in [-0.3, -0.25) is 9.59 Å². The summed E-state index contributed by atoms with van der Waals surface area (Å²) in [5.41, 5.74) is 3.02. The Labute approximate surface area is 344 Å². The molecule has 1 aliphatic heterocycles. The van der Waals surface area contributed by atoms with E-state index in [0.29, 0.717) is 41.4 Å². The molecule has 2 fully saturated rings. The molecule has 7 rings (SSSR count). The van der Waals surface area contributed by atoms with Crippen molar-refractivity contribution in [1.82, 2.24) is 29.1 Å². The van der Waals surface area contributed by atoms with E-state index < -0.39 is 52.4 Å². The van der Waals surface area contributed by atoms with Gasteiger partial charge in [-0.1, -0.05) is 67.6 Å². The zero-order chi connectivity index (χ0) is 42.8. The van der Waals surface area contributed by atoms with Crippen LogP contribution in [0.1, 0.15) is 56.2 Å². The SMILES string of the molecule is CCCN(C(=O)C(F)(F)F)[C@H]1C[C@@H](n2cnc3c(NCC(c4ccccc4)c4ccccc4)nc(N4CC[C@@H](NS(=O)(=O)c5ccc(NC(C)=O)cc5)C4)nc32)[C@H](O)[C@@H]1O. The average molecular weight is 850 g/mol. The van der Waals surface area contributed by atoms with Crippen molar-refractivity contribution < 1.29 is 41.4 Å². The number of amides is 2. The largest absolute Gasteiger partial charge is 0.471 e. The van der Waals surface area contributed by atoms with Gasteiger partial charge in [-0.05, 0) is 54.7 Å². The minimum Gasteiger partial charge on any atom is -0.388 e. The quantitative estimate of drug-likeness (QED) is 0.106. The Morgan fingerprint density at radius 1 is 0.950 bits per heavy atom. The summed E-state index contributed by atoms with van der Waals surface area (Å²) < 4.78 is 72.1. The number of halogens is 3. The van der Waals surface area contributed by atoms with Crippen molar-refractivity contribution in [2.24, 2.45) is 0 Å². The summed E-state index contributed by atoms with van der Waals surface area (Å²) in [5, 5.41) is 28.6. The van der Waals surface area contributed by atoms with Crippen LogP contribution in [0.4, 0.5) is 30.6 Å². The van der Waals surface area contributed by atoms with E-state index in [9.17, 15) is 41.4 Å². The molecule has 5 aromatic rings. The number of hydrogen-bond acceptors (Lipinski definition) is 11. The smallest absolute Gasteiger partial charge is 0.388 e. The molecule has 0 radical (unpaired) electrons. The maximum atomic E-state index is 13.7. The van der Waals surface area contributed by atoms with E-state index in [0.717, 1.165) is 11.1 Å². The van der Waals surface area contributed by atoms with Crippen LogP contribution in [0.5, 0.6) is 0 Å². The van der Waals surface area contributed by atoms with Gasteiger partial charge < -0.3 is 35.2 Å². The van der Waals surface area contributed by atoms with Gasteiger partial charge in [0.25, 0.3) is 0 Å². The van der Waals surface area contributed by atoms with Crippen LogP contribution in [-0.4, -0.2) is 112 Å². The molecule has 1 aliphatic carbocycles. The summed E-state index contributed by atoms with van der Waals surface area (Å²) in [6.45, 7) is 3.57. The van der Waals surface area contributed by atoms with Crippen LogP contribution in [0.2, 0.25) is 0 Å². The monoisotopic (exact) mass is 849 g/mol. The summed E-state index contributed by atoms with van der Waals surface area (Å²) in [6, 6.07) is 22.6. The molecule has 1 saturated heterocycles. The standard InChI is InChI=1S/C41H46F3N9O6S/c1-3-19-52(39(57)41(42,43)44)32-21-33(36(56)35(32)55)53-24-46-34-37(45-22-31(26-10-6-4-7-11-26)27-12-8-5-9-13-27)48-40(49-38(34)53)51-20-18-29(23-51)50-60(58,59)30-16-14-28(15-17-30)47-25(2)54/h4-17,24,29,31-33,35-36,50,55-56H,3,18-23H2,1-2H3,(H,47,54)(H,45,48,49)/t29-,32+,33-,35-,36+/m1/s1. The number of carbonyl (C=O) groups is 2. The lowest BCUT2D eigenvalue weighted by Crippen LogP contribution is -2.51. The summed E-state index contributed by atoms with van der Waals surface area (Å²) in [6.07, 6.45) is -6.71. The fraction of sp³-hybridized carbons (Fsp3) is 0.390. The Balaban J connectivity index is 1.21. The number of carbonyl (C=O) groups excluding carboxylic acids is 2. The summed E-state index contributed by atoms with van der Waals surface area (Å²) in [7, 11) is -3.97. The first-order valence-electron chi connectivity index (χ1n) is 19.6. The number of fused-ring (bicyclic) bond motifs is 1. The van der Waals surface area contributed by atoms with Crippen LogP contribution in [0.25, 0.3) is 11.2 Å². The molecule has 2 aromatic heterocycles. The first kappa shape index (κ1) is 42.5. The topological polar surface area (TPSA) is 195 Å². The van der Waals surface area contributed by atoms with Crippen molar-refractivity contribution in [3.05, 3.63) is 102 Å². The summed E-state index contributed by atoms with van der Waals surface area (Å²) in [5.74, 6) is -2.00. The maximum absolute atomic E-state index is 13.7. The Morgan fingerprint density at radius 2 is 1.60 bits per heavy atom. The van der Waals surface area contributed by atoms with Gasteiger partial charge >= 0.3 is 12.1 Å². The predicted molar refractivity (Wildman–Crippen MR) is 218 cm³/mol. The van der Waals surface area contributed by atoms with Gasteiger partial charge in [0.1, 0.15) is 12.2 Å². The van der Waals surface area contributed by atoms with Crippen LogP contribution in [0.3, 0.4) is 0 Å². The van der Waals surface area contributed by atoms with E-state index in [1.54, 1.807) is 11.8 Å². The molecule has 3 heterocycles. The maximum Gasteiger partial charge on any atom is 0.471 e. The molecule has 5 N–H and O–H groups in total. The number of imidazole rings is 1. The van der Waals surface area contributed by atoms with Crippen molar-refractivity contribution in [3.63, 3.8) is 0 Å². The molecule has 3 aromatic carbocycles. The zero-order valence-electron chi connectivity index (χ0n) is 32.8. The van der Waals surface area contributed by atoms with Gasteiger partial charge in [0.15, 0.2) is 17.0 Å². The van der Waals surface area contributed by atoms with Crippen molar-refractivity contribution in [2.45, 2.75) is 80.4 Å². The third-order valence-electron chi connectivity index (χ3n) is 10.9. The molecular weight excluding hydrogens is 804 g/mol. The molecule has 5 atom stereocenters. The second-order valence-corrected chi connectivity index (χ2v) is 16.8. The van der Waals surface area contributed by atoms with E-state index in [-0.39, 0.29) is 54.2 Å². The third-order valence-corrected chi connectivity index (χ3v) is 12.4. The molecule has 318 valence electrons. The molecule has 0 unspecified atom stereocenters. The highest BCUT2D eigenvalue weighted by Crippen LogP contribution is 2.39. The highest BCUT2D eigenvalue weighted by Gasteiger charge is 2.51. The first-order chi connectivity index (χ1) is 28.6. The molecule has 60 heavy (non-hydrogen) atoms. The molecule has 0 bridgehead atoms. The molecule has 0 spiro atoms. The highest BCUT2D eigenvalue weighted by molar-refractivity contribution is 7.89. The Hall–Kier alpha value is -5.63. The lowest BCUT2D eigenvalue weighted by molar-refractivity contribution is -0.190. The van der Waals surface area contributed by atoms with Crippen molar-refractivity contribution in [2.75, 3.05) is 41.7 Å². The predicted octanol–water partition coefficient (Wildman–Crippen LogP) is 4.42. The number of hydrogen-bond donors (Lipinski definition) is 5. The molecule has 1 saturated carbocycles. The van der Waals surface area contributed by atoms with Gasteiger partial charge in [0, 0.05) is 50.7 Å². The molecular formula is C41H46F3N9O6S. The van der Waals surface area contributed by atoms with Crippen LogP contribution in [-0.2, 0) is 19.6 Å². The number of benzene rings is 3.